The predicted octanol–water partition coefficient (Wildman–Crippen LogP) is 2.07. The summed E-state index contributed by atoms with van der Waals surface area (Å²) < 4.78 is 4.82. The average Bonchev–Trinajstić information content (AvgIpc) is 2.47. The number of carbonyl (C=O) groups excluding carboxylic acids is 1. The molecule has 4 heteroatoms. The lowest BCUT2D eigenvalue weighted by Crippen LogP contribution is -2.36. The number of nitrogens with zero attached hydrogens (tertiary/aromatic N) is 1. The smallest absolute Gasteiger partial charge is 0.338 e. The Labute approximate surface area is 120 Å². The maximum atomic E-state index is 11.7. The van der Waals surface area contributed by atoms with Gasteiger partial charge in [0, 0.05) is 6.54 Å². The van der Waals surface area contributed by atoms with Crippen LogP contribution in [0, 0.1) is 5.92 Å². The Morgan fingerprint density at radius 1 is 1.40 bits per heavy atom. The first-order valence-electron chi connectivity index (χ1n) is 7.18. The average molecular weight is 277 g/mol. The highest BCUT2D eigenvalue weighted by atomic mass is 16.5. The standard InChI is InChI=1S/C16H23NO3/c1-12(18)13-7-9-17(10-8-13)11-14-5-3-4-6-15(14)16(19)20-2/h3-6,12-13,18H,7-11H2,1-2H3. The molecule has 0 amide bonds. The van der Waals surface area contributed by atoms with Gasteiger partial charge in [-0.1, -0.05) is 18.2 Å². The topological polar surface area (TPSA) is 49.8 Å². The van der Waals surface area contributed by atoms with E-state index < -0.39 is 0 Å². The van der Waals surface area contributed by atoms with Crippen LogP contribution >= 0.6 is 0 Å². The summed E-state index contributed by atoms with van der Waals surface area (Å²) in [5.74, 6) is 0.126. The molecule has 1 saturated heterocycles. The zero-order chi connectivity index (χ0) is 14.5. The van der Waals surface area contributed by atoms with E-state index >= 15 is 0 Å². The van der Waals surface area contributed by atoms with Gasteiger partial charge in [-0.3, -0.25) is 4.90 Å². The van der Waals surface area contributed by atoms with E-state index in [0.29, 0.717) is 11.5 Å². The fourth-order valence-corrected chi connectivity index (χ4v) is 2.80. The molecular formula is C16H23NO3. The molecule has 110 valence electrons. The van der Waals surface area contributed by atoms with Crippen molar-refractivity contribution < 1.29 is 14.6 Å². The van der Waals surface area contributed by atoms with Gasteiger partial charge in [-0.25, -0.2) is 4.79 Å². The minimum atomic E-state index is -0.278. The molecule has 1 aliphatic heterocycles. The molecule has 20 heavy (non-hydrogen) atoms. The summed E-state index contributed by atoms with van der Waals surface area (Å²) in [6, 6.07) is 7.59. The zero-order valence-corrected chi connectivity index (χ0v) is 12.2. The number of carbonyl (C=O) groups is 1. The van der Waals surface area contributed by atoms with E-state index in [4.69, 9.17) is 4.74 Å². The van der Waals surface area contributed by atoms with Crippen LogP contribution in [0.15, 0.2) is 24.3 Å². The van der Waals surface area contributed by atoms with Crippen LogP contribution in [0.1, 0.15) is 35.7 Å². The molecule has 1 aliphatic rings. The van der Waals surface area contributed by atoms with Gasteiger partial charge in [-0.2, -0.15) is 0 Å². The van der Waals surface area contributed by atoms with Crippen molar-refractivity contribution in [2.45, 2.75) is 32.4 Å². The van der Waals surface area contributed by atoms with Crippen molar-refractivity contribution in [1.29, 1.82) is 0 Å². The highest BCUT2D eigenvalue weighted by Crippen LogP contribution is 2.22. The Morgan fingerprint density at radius 2 is 2.05 bits per heavy atom. The third kappa shape index (κ3) is 3.58. The van der Waals surface area contributed by atoms with Gasteiger partial charge in [0.25, 0.3) is 0 Å². The monoisotopic (exact) mass is 277 g/mol. The highest BCUT2D eigenvalue weighted by Gasteiger charge is 2.23. The van der Waals surface area contributed by atoms with Gasteiger partial charge in [0.05, 0.1) is 18.8 Å². The highest BCUT2D eigenvalue weighted by molar-refractivity contribution is 5.90. The minimum absolute atomic E-state index is 0.223. The molecule has 0 bridgehead atoms. The molecule has 0 radical (unpaired) electrons. The Bertz CT molecular complexity index is 451. The van der Waals surface area contributed by atoms with E-state index in [1.54, 1.807) is 0 Å². The number of rotatable bonds is 4. The number of methoxy groups -OCH3 is 1. The first kappa shape index (κ1) is 15.0. The first-order valence-corrected chi connectivity index (χ1v) is 7.18. The largest absolute Gasteiger partial charge is 0.465 e. The second kappa shape index (κ2) is 6.86. The molecule has 1 aromatic rings. The van der Waals surface area contributed by atoms with Crippen LogP contribution in [0.5, 0.6) is 0 Å². The predicted molar refractivity (Wildman–Crippen MR) is 77.5 cm³/mol. The zero-order valence-electron chi connectivity index (χ0n) is 12.2. The van der Waals surface area contributed by atoms with Gasteiger partial charge in [-0.15, -0.1) is 0 Å². The molecule has 0 spiro atoms. The SMILES string of the molecule is COC(=O)c1ccccc1CN1CCC(C(C)O)CC1. The molecular weight excluding hydrogens is 254 g/mol. The van der Waals surface area contributed by atoms with E-state index in [2.05, 4.69) is 4.90 Å². The second-order valence-electron chi connectivity index (χ2n) is 5.50. The molecule has 1 N–H and O–H groups in total. The fourth-order valence-electron chi connectivity index (χ4n) is 2.80. The van der Waals surface area contributed by atoms with Crippen LogP contribution in [-0.2, 0) is 11.3 Å². The van der Waals surface area contributed by atoms with E-state index in [-0.39, 0.29) is 12.1 Å². The lowest BCUT2D eigenvalue weighted by Gasteiger charge is -2.33. The summed E-state index contributed by atoms with van der Waals surface area (Å²) in [5, 5.41) is 9.62. The van der Waals surface area contributed by atoms with Crippen molar-refractivity contribution in [3.05, 3.63) is 35.4 Å². The van der Waals surface area contributed by atoms with Crippen LogP contribution < -0.4 is 0 Å². The van der Waals surface area contributed by atoms with Gasteiger partial charge in [0.2, 0.25) is 0 Å². The van der Waals surface area contributed by atoms with Gasteiger partial charge < -0.3 is 9.84 Å². The summed E-state index contributed by atoms with van der Waals surface area (Å²) in [6.07, 6.45) is 1.80. The number of likely N-dealkylation sites (tertiary alicyclic amines) is 1. The van der Waals surface area contributed by atoms with E-state index in [0.717, 1.165) is 38.0 Å². The van der Waals surface area contributed by atoms with Gasteiger partial charge in [0.1, 0.15) is 0 Å². The Hall–Kier alpha value is -1.39. The normalized spacial score (nSPS) is 18.8. The van der Waals surface area contributed by atoms with E-state index in [1.807, 2.05) is 31.2 Å². The Morgan fingerprint density at radius 3 is 2.65 bits per heavy atom. The van der Waals surface area contributed by atoms with Gasteiger partial charge in [0.15, 0.2) is 0 Å². The van der Waals surface area contributed by atoms with Crippen molar-refractivity contribution in [3.63, 3.8) is 0 Å². The maximum absolute atomic E-state index is 11.7. The molecule has 2 rings (SSSR count). The molecule has 1 aromatic carbocycles. The fraction of sp³-hybridized carbons (Fsp3) is 0.562. The number of benzene rings is 1. The van der Waals surface area contributed by atoms with Crippen LogP contribution in [0.2, 0.25) is 0 Å². The molecule has 1 unspecified atom stereocenters. The van der Waals surface area contributed by atoms with Crippen molar-refractivity contribution >= 4 is 5.97 Å². The quantitative estimate of drug-likeness (QED) is 0.856. The summed E-state index contributed by atoms with van der Waals surface area (Å²) in [4.78, 5) is 14.1. The second-order valence-corrected chi connectivity index (χ2v) is 5.50. The summed E-state index contributed by atoms with van der Waals surface area (Å²) >= 11 is 0. The van der Waals surface area contributed by atoms with Gasteiger partial charge >= 0.3 is 5.97 Å². The van der Waals surface area contributed by atoms with Crippen molar-refractivity contribution in [2.75, 3.05) is 20.2 Å². The molecule has 4 nitrogen and oxygen atoms in total. The van der Waals surface area contributed by atoms with Crippen molar-refractivity contribution in [3.8, 4) is 0 Å². The molecule has 0 saturated carbocycles. The summed E-state index contributed by atoms with van der Waals surface area (Å²) in [7, 11) is 1.41. The molecule has 0 aliphatic carbocycles. The van der Waals surface area contributed by atoms with Crippen molar-refractivity contribution in [1.82, 2.24) is 4.90 Å². The van der Waals surface area contributed by atoms with Crippen LogP contribution in [-0.4, -0.2) is 42.3 Å². The van der Waals surface area contributed by atoms with Crippen LogP contribution in [0.25, 0.3) is 0 Å². The van der Waals surface area contributed by atoms with E-state index in [1.165, 1.54) is 7.11 Å². The Kier molecular flexibility index (Phi) is 5.15. The number of hydrogen-bond donors (Lipinski definition) is 1. The van der Waals surface area contributed by atoms with E-state index in [9.17, 15) is 9.90 Å². The number of aliphatic hydroxyl groups excluding tert-OH is 1. The number of ether oxygens (including phenoxy) is 1. The maximum Gasteiger partial charge on any atom is 0.338 e. The number of esters is 1. The third-order valence-electron chi connectivity index (χ3n) is 4.13. The van der Waals surface area contributed by atoms with Crippen molar-refractivity contribution in [2.24, 2.45) is 5.92 Å². The minimum Gasteiger partial charge on any atom is -0.465 e. The number of piperidine rings is 1. The molecule has 1 fully saturated rings. The number of aliphatic hydroxyl groups is 1. The molecule has 1 atom stereocenters. The Balaban J connectivity index is 1.99. The lowest BCUT2D eigenvalue weighted by molar-refractivity contribution is 0.0593. The van der Waals surface area contributed by atoms with Crippen LogP contribution in [0.4, 0.5) is 0 Å². The first-order chi connectivity index (χ1) is 9.61. The lowest BCUT2D eigenvalue weighted by atomic mass is 9.92. The van der Waals surface area contributed by atoms with Crippen LogP contribution in [0.3, 0.4) is 0 Å². The summed E-state index contributed by atoms with van der Waals surface area (Å²) in [5.41, 5.74) is 1.66. The molecule has 1 heterocycles. The van der Waals surface area contributed by atoms with Gasteiger partial charge in [-0.05, 0) is 50.4 Å². The molecule has 0 aromatic heterocycles. The summed E-state index contributed by atoms with van der Waals surface area (Å²) in [6.45, 7) is 4.56. The third-order valence-corrected chi connectivity index (χ3v) is 4.13. The number of hydrogen-bond acceptors (Lipinski definition) is 4.